The van der Waals surface area contributed by atoms with Crippen LogP contribution in [-0.2, 0) is 15.9 Å². The summed E-state index contributed by atoms with van der Waals surface area (Å²) in [5.41, 5.74) is 0.962. The number of nitrogens with zero attached hydrogens (tertiary/aromatic N) is 1. The molecule has 2 rings (SSSR count). The molecule has 0 radical (unpaired) electrons. The molecule has 1 aromatic rings. The lowest BCUT2D eigenvalue weighted by Gasteiger charge is -2.43. The minimum absolute atomic E-state index is 0.0416. The molecule has 0 spiro atoms. The Hall–Kier alpha value is -1.55. The number of likely N-dealkylation sites (tertiary alicyclic amines) is 1. The van der Waals surface area contributed by atoms with Gasteiger partial charge in [0.15, 0.2) is 0 Å². The lowest BCUT2D eigenvalue weighted by atomic mass is 9.76. The Labute approximate surface area is 158 Å². The summed E-state index contributed by atoms with van der Waals surface area (Å²) >= 11 is 0. The highest BCUT2D eigenvalue weighted by Gasteiger charge is 2.38. The van der Waals surface area contributed by atoms with Gasteiger partial charge in [-0.15, -0.1) is 0 Å². The van der Waals surface area contributed by atoms with Gasteiger partial charge in [0, 0.05) is 25.1 Å². The number of carbonyl (C=O) groups is 1. The number of benzene rings is 1. The monoisotopic (exact) mass is 361 g/mol. The highest BCUT2D eigenvalue weighted by Crippen LogP contribution is 2.36. The average Bonchev–Trinajstić information content (AvgIpc) is 2.60. The molecule has 1 aliphatic heterocycles. The first-order valence-electron chi connectivity index (χ1n) is 9.93. The predicted octanol–water partition coefficient (Wildman–Crippen LogP) is 5.06. The molecule has 146 valence electrons. The van der Waals surface area contributed by atoms with Crippen LogP contribution in [0.25, 0.3) is 0 Å². The van der Waals surface area contributed by atoms with Crippen molar-refractivity contribution < 1.29 is 14.3 Å². The van der Waals surface area contributed by atoms with Gasteiger partial charge < -0.3 is 14.4 Å². The molecule has 1 aromatic carbocycles. The topological polar surface area (TPSA) is 38.8 Å². The third-order valence-corrected chi connectivity index (χ3v) is 4.94. The Bertz CT molecular complexity index is 552. The Morgan fingerprint density at radius 1 is 1.23 bits per heavy atom. The van der Waals surface area contributed by atoms with E-state index >= 15 is 0 Å². The lowest BCUT2D eigenvalue weighted by molar-refractivity contribution is -0.0268. The van der Waals surface area contributed by atoms with Crippen LogP contribution in [-0.4, -0.2) is 42.9 Å². The zero-order valence-electron chi connectivity index (χ0n) is 16.9. The summed E-state index contributed by atoms with van der Waals surface area (Å²) in [5, 5.41) is 0. The van der Waals surface area contributed by atoms with Gasteiger partial charge in [-0.3, -0.25) is 0 Å². The summed E-state index contributed by atoms with van der Waals surface area (Å²) in [6.45, 7) is 10.7. The van der Waals surface area contributed by atoms with E-state index in [1.165, 1.54) is 5.56 Å². The number of hydrogen-bond acceptors (Lipinski definition) is 3. The van der Waals surface area contributed by atoms with Crippen LogP contribution in [0.15, 0.2) is 30.3 Å². The molecule has 4 nitrogen and oxygen atoms in total. The molecule has 1 aliphatic rings. The SMILES string of the molecule is CCOCC1(CCCc2ccccc2)CCCN(C(=O)OC(C)(C)C)C1. The molecule has 0 saturated carbocycles. The molecule has 0 aliphatic carbocycles. The van der Waals surface area contributed by atoms with Crippen LogP contribution in [0.5, 0.6) is 0 Å². The number of hydrogen-bond donors (Lipinski definition) is 0. The number of aryl methyl sites for hydroxylation is 1. The summed E-state index contributed by atoms with van der Waals surface area (Å²) in [4.78, 5) is 14.4. The van der Waals surface area contributed by atoms with Gasteiger partial charge in [-0.25, -0.2) is 4.79 Å². The van der Waals surface area contributed by atoms with Gasteiger partial charge in [0.1, 0.15) is 5.60 Å². The van der Waals surface area contributed by atoms with E-state index in [-0.39, 0.29) is 11.5 Å². The Kier molecular flexibility index (Phi) is 7.51. The average molecular weight is 362 g/mol. The second kappa shape index (κ2) is 9.40. The van der Waals surface area contributed by atoms with Gasteiger partial charge in [0.05, 0.1) is 6.61 Å². The molecular formula is C22H35NO3. The molecule has 4 heteroatoms. The summed E-state index contributed by atoms with van der Waals surface area (Å²) in [5.74, 6) is 0. The highest BCUT2D eigenvalue weighted by atomic mass is 16.6. The van der Waals surface area contributed by atoms with Gasteiger partial charge in [-0.1, -0.05) is 30.3 Å². The van der Waals surface area contributed by atoms with E-state index in [9.17, 15) is 4.79 Å². The van der Waals surface area contributed by atoms with Crippen molar-refractivity contribution in [1.29, 1.82) is 0 Å². The molecule has 1 unspecified atom stereocenters. The highest BCUT2D eigenvalue weighted by molar-refractivity contribution is 5.68. The van der Waals surface area contributed by atoms with Gasteiger partial charge in [-0.05, 0) is 65.4 Å². The van der Waals surface area contributed by atoms with E-state index in [0.717, 1.165) is 51.8 Å². The summed E-state index contributed by atoms with van der Waals surface area (Å²) < 4.78 is 11.4. The number of rotatable bonds is 7. The molecule has 0 aromatic heterocycles. The van der Waals surface area contributed by atoms with E-state index in [4.69, 9.17) is 9.47 Å². The van der Waals surface area contributed by atoms with E-state index < -0.39 is 5.60 Å². The molecular weight excluding hydrogens is 326 g/mol. The van der Waals surface area contributed by atoms with Crippen molar-refractivity contribution in [1.82, 2.24) is 4.90 Å². The second-order valence-electron chi connectivity index (χ2n) is 8.48. The van der Waals surface area contributed by atoms with Crippen molar-refractivity contribution >= 4 is 6.09 Å². The molecule has 1 saturated heterocycles. The van der Waals surface area contributed by atoms with Gasteiger partial charge in [-0.2, -0.15) is 0 Å². The number of carbonyl (C=O) groups excluding carboxylic acids is 1. The maximum absolute atomic E-state index is 12.5. The van der Waals surface area contributed by atoms with Crippen molar-refractivity contribution in [3.63, 3.8) is 0 Å². The summed E-state index contributed by atoms with van der Waals surface area (Å²) in [6, 6.07) is 10.6. The summed E-state index contributed by atoms with van der Waals surface area (Å²) in [6.07, 6.45) is 5.18. The minimum Gasteiger partial charge on any atom is -0.444 e. The van der Waals surface area contributed by atoms with E-state index in [1.807, 2.05) is 32.6 Å². The van der Waals surface area contributed by atoms with Crippen molar-refractivity contribution in [2.24, 2.45) is 5.41 Å². The van der Waals surface area contributed by atoms with Crippen molar-refractivity contribution in [2.75, 3.05) is 26.3 Å². The first-order chi connectivity index (χ1) is 12.3. The third-order valence-electron chi connectivity index (χ3n) is 4.94. The Morgan fingerprint density at radius 2 is 1.96 bits per heavy atom. The predicted molar refractivity (Wildman–Crippen MR) is 105 cm³/mol. The van der Waals surface area contributed by atoms with Crippen LogP contribution in [0.3, 0.4) is 0 Å². The van der Waals surface area contributed by atoms with Crippen LogP contribution >= 0.6 is 0 Å². The van der Waals surface area contributed by atoms with Crippen molar-refractivity contribution in [3.05, 3.63) is 35.9 Å². The van der Waals surface area contributed by atoms with E-state index in [1.54, 1.807) is 0 Å². The summed E-state index contributed by atoms with van der Waals surface area (Å²) in [7, 11) is 0. The zero-order chi connectivity index (χ0) is 19.0. The standard InChI is InChI=1S/C22H35NO3/c1-5-25-18-22(14-9-13-19-11-7-6-8-12-19)15-10-16-23(17-22)20(24)26-21(2,3)4/h6-8,11-12H,5,9-10,13-18H2,1-4H3. The van der Waals surface area contributed by atoms with Crippen LogP contribution in [0, 0.1) is 5.41 Å². The smallest absolute Gasteiger partial charge is 0.410 e. The lowest BCUT2D eigenvalue weighted by Crippen LogP contribution is -2.49. The number of ether oxygens (including phenoxy) is 2. The molecule has 0 N–H and O–H groups in total. The van der Waals surface area contributed by atoms with Gasteiger partial charge >= 0.3 is 6.09 Å². The fourth-order valence-electron chi connectivity index (χ4n) is 3.72. The first-order valence-corrected chi connectivity index (χ1v) is 9.93. The second-order valence-corrected chi connectivity index (χ2v) is 8.48. The van der Waals surface area contributed by atoms with E-state index in [2.05, 4.69) is 30.3 Å². The minimum atomic E-state index is -0.454. The Morgan fingerprint density at radius 3 is 2.62 bits per heavy atom. The normalized spacial score (nSPS) is 20.8. The maximum atomic E-state index is 12.5. The maximum Gasteiger partial charge on any atom is 0.410 e. The number of piperidine rings is 1. The molecule has 0 bridgehead atoms. The van der Waals surface area contributed by atoms with Gasteiger partial charge in [0.25, 0.3) is 0 Å². The molecule has 1 heterocycles. The van der Waals surface area contributed by atoms with Crippen LogP contribution in [0.4, 0.5) is 4.79 Å². The molecule has 1 amide bonds. The number of amides is 1. The van der Waals surface area contributed by atoms with Crippen LogP contribution in [0.1, 0.15) is 58.9 Å². The van der Waals surface area contributed by atoms with Crippen LogP contribution in [0.2, 0.25) is 0 Å². The molecule has 26 heavy (non-hydrogen) atoms. The molecule has 1 fully saturated rings. The fourth-order valence-corrected chi connectivity index (χ4v) is 3.72. The van der Waals surface area contributed by atoms with E-state index in [0.29, 0.717) is 6.61 Å². The largest absolute Gasteiger partial charge is 0.444 e. The zero-order valence-corrected chi connectivity index (χ0v) is 16.9. The van der Waals surface area contributed by atoms with Gasteiger partial charge in [0.2, 0.25) is 0 Å². The Balaban J connectivity index is 1.98. The first kappa shape index (κ1) is 20.8. The third kappa shape index (κ3) is 6.64. The molecule has 1 atom stereocenters. The van der Waals surface area contributed by atoms with Crippen LogP contribution < -0.4 is 0 Å². The van der Waals surface area contributed by atoms with Crippen molar-refractivity contribution in [3.8, 4) is 0 Å². The van der Waals surface area contributed by atoms with Crippen molar-refractivity contribution in [2.45, 2.75) is 65.4 Å². The fraction of sp³-hybridized carbons (Fsp3) is 0.682. The quantitative estimate of drug-likeness (QED) is 0.681.